The van der Waals surface area contributed by atoms with Gasteiger partial charge in [0.1, 0.15) is 5.75 Å². The van der Waals surface area contributed by atoms with E-state index in [4.69, 9.17) is 14.1 Å². The summed E-state index contributed by atoms with van der Waals surface area (Å²) in [6.07, 6.45) is 9.29. The zero-order valence-corrected chi connectivity index (χ0v) is 18.3. The average molecular weight is 438 g/mol. The number of allylic oxidation sites excluding steroid dienone is 1. The summed E-state index contributed by atoms with van der Waals surface area (Å²) in [7, 11) is 1.66. The highest BCUT2D eigenvalue weighted by Gasteiger charge is 2.26. The van der Waals surface area contributed by atoms with Crippen LogP contribution in [0.1, 0.15) is 46.8 Å². The Morgan fingerprint density at radius 2 is 1.94 bits per heavy atom. The van der Waals surface area contributed by atoms with Crippen LogP contribution in [0.2, 0.25) is 0 Å². The summed E-state index contributed by atoms with van der Waals surface area (Å²) in [4.78, 5) is 9.33. The Morgan fingerprint density at radius 3 is 2.76 bits per heavy atom. The summed E-state index contributed by atoms with van der Waals surface area (Å²) < 4.78 is 11.1. The lowest BCUT2D eigenvalue weighted by Crippen LogP contribution is -1.99. The molecular formula is C26H23N5O2. The van der Waals surface area contributed by atoms with E-state index in [0.717, 1.165) is 45.8 Å². The van der Waals surface area contributed by atoms with Crippen molar-refractivity contribution in [1.29, 1.82) is 0 Å². The molecule has 1 N–H and O–H groups in total. The van der Waals surface area contributed by atoms with E-state index in [1.165, 1.54) is 18.4 Å². The second-order valence-corrected chi connectivity index (χ2v) is 8.41. The topological polar surface area (TPSA) is 86.0 Å². The summed E-state index contributed by atoms with van der Waals surface area (Å²) in [5, 5.41) is 11.6. The minimum absolute atomic E-state index is 0.389. The Bertz CT molecular complexity index is 1340. The number of nitrogens with zero attached hydrogens (tertiary/aromatic N) is 4. The van der Waals surface area contributed by atoms with Gasteiger partial charge in [-0.3, -0.25) is 4.98 Å². The average Bonchev–Trinajstić information content (AvgIpc) is 3.46. The summed E-state index contributed by atoms with van der Waals surface area (Å²) >= 11 is 0. The lowest BCUT2D eigenvalue weighted by molar-refractivity contribution is 0.414. The molecule has 0 saturated heterocycles. The lowest BCUT2D eigenvalue weighted by Gasteiger charge is -2.08. The van der Waals surface area contributed by atoms with Crippen LogP contribution in [0.25, 0.3) is 17.0 Å². The van der Waals surface area contributed by atoms with Crippen LogP contribution in [-0.4, -0.2) is 27.3 Å². The van der Waals surface area contributed by atoms with Crippen molar-refractivity contribution in [3.63, 3.8) is 0 Å². The molecule has 2 heterocycles. The van der Waals surface area contributed by atoms with Crippen molar-refractivity contribution in [2.75, 3.05) is 12.4 Å². The quantitative estimate of drug-likeness (QED) is 0.435. The summed E-state index contributed by atoms with van der Waals surface area (Å²) in [5.74, 6) is 1.89. The van der Waals surface area contributed by atoms with Gasteiger partial charge in [-0.15, -0.1) is 5.10 Å². The summed E-state index contributed by atoms with van der Waals surface area (Å²) in [6.45, 7) is 0.582. The SMILES string of the molecule is COc1ccc(CNc2nnc(-c3ccc4c(c3)C(c3cncc(C5CC5)n3)=CC4)o2)cc1. The number of rotatable bonds is 7. The van der Waals surface area contributed by atoms with Crippen LogP contribution in [0, 0.1) is 0 Å². The molecule has 2 aromatic carbocycles. The van der Waals surface area contributed by atoms with E-state index in [0.29, 0.717) is 24.4 Å². The van der Waals surface area contributed by atoms with Crippen molar-refractivity contribution in [2.24, 2.45) is 0 Å². The maximum atomic E-state index is 5.89. The number of fused-ring (bicyclic) bond motifs is 1. The van der Waals surface area contributed by atoms with Crippen LogP contribution in [0.5, 0.6) is 5.75 Å². The van der Waals surface area contributed by atoms with Gasteiger partial charge in [0.2, 0.25) is 5.89 Å². The molecule has 0 amide bonds. The van der Waals surface area contributed by atoms with Gasteiger partial charge in [0.15, 0.2) is 0 Å². The predicted molar refractivity (Wildman–Crippen MR) is 125 cm³/mol. The van der Waals surface area contributed by atoms with Crippen molar-refractivity contribution in [1.82, 2.24) is 20.2 Å². The zero-order valence-electron chi connectivity index (χ0n) is 18.3. The van der Waals surface area contributed by atoms with Crippen LogP contribution in [0.4, 0.5) is 6.01 Å². The first-order chi connectivity index (χ1) is 16.3. The largest absolute Gasteiger partial charge is 0.497 e. The molecule has 0 unspecified atom stereocenters. The predicted octanol–water partition coefficient (Wildman–Crippen LogP) is 5.01. The Kier molecular flexibility index (Phi) is 4.87. The third-order valence-electron chi connectivity index (χ3n) is 6.13. The molecule has 0 radical (unpaired) electrons. The standard InChI is InChI=1S/C26H23N5O2/c1-32-20-9-2-16(3-10-20)13-28-26-31-30-25(33-26)19-7-4-17-8-11-21(22(17)12-19)24-15-27-14-23(29-24)18-5-6-18/h2-4,7,9-12,14-15,18H,5-6,8,13H2,1H3,(H,28,31). The van der Waals surface area contributed by atoms with E-state index in [2.05, 4.69) is 38.7 Å². The molecule has 1 fully saturated rings. The molecule has 0 atom stereocenters. The van der Waals surface area contributed by atoms with Crippen LogP contribution >= 0.6 is 0 Å². The summed E-state index contributed by atoms with van der Waals surface area (Å²) in [6, 6.07) is 14.5. The third kappa shape index (κ3) is 3.98. The van der Waals surface area contributed by atoms with E-state index in [9.17, 15) is 0 Å². The first-order valence-electron chi connectivity index (χ1n) is 11.1. The second-order valence-electron chi connectivity index (χ2n) is 8.41. The van der Waals surface area contributed by atoms with Gasteiger partial charge in [0.05, 0.1) is 24.7 Å². The molecule has 6 rings (SSSR count). The van der Waals surface area contributed by atoms with Crippen LogP contribution < -0.4 is 10.1 Å². The first-order valence-corrected chi connectivity index (χ1v) is 11.1. The van der Waals surface area contributed by atoms with E-state index in [1.807, 2.05) is 42.7 Å². The zero-order chi connectivity index (χ0) is 22.2. The van der Waals surface area contributed by atoms with Crippen LogP contribution in [-0.2, 0) is 13.0 Å². The maximum absolute atomic E-state index is 5.89. The monoisotopic (exact) mass is 437 g/mol. The van der Waals surface area contributed by atoms with Gasteiger partial charge >= 0.3 is 6.01 Å². The second kappa shape index (κ2) is 8.16. The Balaban J connectivity index is 1.21. The number of benzene rings is 2. The number of ether oxygens (including phenoxy) is 1. The fourth-order valence-electron chi connectivity index (χ4n) is 4.12. The molecule has 164 valence electrons. The van der Waals surface area contributed by atoms with Gasteiger partial charge < -0.3 is 14.5 Å². The van der Waals surface area contributed by atoms with E-state index >= 15 is 0 Å². The Labute approximate surface area is 191 Å². The van der Waals surface area contributed by atoms with Crippen molar-refractivity contribution in [3.8, 4) is 17.2 Å². The molecule has 7 heteroatoms. The first kappa shape index (κ1) is 19.7. The molecule has 4 aromatic rings. The fraction of sp³-hybridized carbons (Fsp3) is 0.231. The highest BCUT2D eigenvalue weighted by molar-refractivity contribution is 5.84. The molecule has 0 spiro atoms. The molecule has 1 saturated carbocycles. The number of methoxy groups -OCH3 is 1. The highest BCUT2D eigenvalue weighted by Crippen LogP contribution is 2.40. The normalized spacial score (nSPS) is 14.6. The Morgan fingerprint density at radius 1 is 1.06 bits per heavy atom. The number of hydrogen-bond donors (Lipinski definition) is 1. The molecule has 7 nitrogen and oxygen atoms in total. The molecule has 2 aliphatic rings. The lowest BCUT2D eigenvalue weighted by atomic mass is 10.0. The van der Waals surface area contributed by atoms with Gasteiger partial charge in [0, 0.05) is 29.8 Å². The molecule has 0 bridgehead atoms. The number of hydrogen-bond acceptors (Lipinski definition) is 7. The van der Waals surface area contributed by atoms with Gasteiger partial charge in [-0.1, -0.05) is 29.4 Å². The fourth-order valence-corrected chi connectivity index (χ4v) is 4.12. The minimum Gasteiger partial charge on any atom is -0.497 e. The highest BCUT2D eigenvalue weighted by atomic mass is 16.5. The molecule has 2 aromatic heterocycles. The third-order valence-corrected chi connectivity index (χ3v) is 6.13. The van der Waals surface area contributed by atoms with Crippen molar-refractivity contribution < 1.29 is 9.15 Å². The molecule has 0 aliphatic heterocycles. The van der Waals surface area contributed by atoms with Gasteiger partial charge in [0.25, 0.3) is 0 Å². The minimum atomic E-state index is 0.389. The van der Waals surface area contributed by atoms with E-state index < -0.39 is 0 Å². The molecule has 33 heavy (non-hydrogen) atoms. The number of nitrogens with one attached hydrogen (secondary N) is 1. The van der Waals surface area contributed by atoms with Crippen molar-refractivity contribution in [3.05, 3.63) is 89.0 Å². The molecular weight excluding hydrogens is 414 g/mol. The van der Waals surface area contributed by atoms with E-state index in [-0.39, 0.29) is 0 Å². The number of aromatic nitrogens is 4. The maximum Gasteiger partial charge on any atom is 0.316 e. The number of anilines is 1. The van der Waals surface area contributed by atoms with Gasteiger partial charge in [-0.25, -0.2) is 4.98 Å². The van der Waals surface area contributed by atoms with Crippen LogP contribution in [0.3, 0.4) is 0 Å². The Hall–Kier alpha value is -4.00. The van der Waals surface area contributed by atoms with E-state index in [1.54, 1.807) is 7.11 Å². The summed E-state index contributed by atoms with van der Waals surface area (Å²) in [5.41, 5.74) is 7.56. The van der Waals surface area contributed by atoms with Gasteiger partial charge in [-0.2, -0.15) is 0 Å². The van der Waals surface area contributed by atoms with Crippen molar-refractivity contribution in [2.45, 2.75) is 31.7 Å². The smallest absolute Gasteiger partial charge is 0.316 e. The molecule has 2 aliphatic carbocycles. The van der Waals surface area contributed by atoms with Crippen LogP contribution in [0.15, 0.2) is 65.4 Å². The van der Waals surface area contributed by atoms with Crippen molar-refractivity contribution >= 4 is 11.6 Å². The van der Waals surface area contributed by atoms with Gasteiger partial charge in [-0.05, 0) is 60.2 Å².